The predicted molar refractivity (Wildman–Crippen MR) is 67.7 cm³/mol. The van der Waals surface area contributed by atoms with Gasteiger partial charge >= 0.3 is 6.18 Å². The van der Waals surface area contributed by atoms with Gasteiger partial charge in [-0.05, 0) is 24.7 Å². The average Bonchev–Trinajstić information content (AvgIpc) is 2.35. The molecule has 0 spiro atoms. The van der Waals surface area contributed by atoms with E-state index in [4.69, 9.17) is 0 Å². The third-order valence-electron chi connectivity index (χ3n) is 3.89. The highest BCUT2D eigenvalue weighted by molar-refractivity contribution is 5.81. The maximum atomic E-state index is 12.5. The molecule has 0 bridgehead atoms. The van der Waals surface area contributed by atoms with Crippen LogP contribution in [0.15, 0.2) is 0 Å². The second-order valence-corrected chi connectivity index (χ2v) is 6.01. The van der Waals surface area contributed by atoms with Crippen LogP contribution in [0.25, 0.3) is 0 Å². The van der Waals surface area contributed by atoms with Crippen LogP contribution in [0.4, 0.5) is 13.2 Å². The Hall–Kier alpha value is -0.780. The van der Waals surface area contributed by atoms with E-state index in [2.05, 4.69) is 10.6 Å². The van der Waals surface area contributed by atoms with E-state index >= 15 is 0 Å². The Morgan fingerprint density at radius 2 is 1.95 bits per heavy atom. The van der Waals surface area contributed by atoms with Gasteiger partial charge in [0.2, 0.25) is 5.91 Å². The zero-order chi connectivity index (χ0) is 14.7. The van der Waals surface area contributed by atoms with Gasteiger partial charge in [0.15, 0.2) is 0 Å². The zero-order valence-electron chi connectivity index (χ0n) is 11.7. The van der Waals surface area contributed by atoms with Gasteiger partial charge in [0.25, 0.3) is 0 Å². The van der Waals surface area contributed by atoms with E-state index in [-0.39, 0.29) is 30.7 Å². The van der Waals surface area contributed by atoms with E-state index in [0.29, 0.717) is 6.54 Å². The average molecular weight is 280 g/mol. The smallest absolute Gasteiger partial charge is 0.354 e. The Morgan fingerprint density at radius 1 is 1.32 bits per heavy atom. The number of carbonyl (C=O) groups is 1. The molecule has 1 aliphatic heterocycles. The molecular weight excluding hydrogens is 257 g/mol. The molecule has 19 heavy (non-hydrogen) atoms. The fourth-order valence-electron chi connectivity index (χ4n) is 1.93. The molecule has 1 fully saturated rings. The molecule has 1 aliphatic rings. The minimum Gasteiger partial charge on any atom is -0.354 e. The summed E-state index contributed by atoms with van der Waals surface area (Å²) in [6.45, 7) is 6.50. The highest BCUT2D eigenvalue weighted by Gasteiger charge is 2.42. The molecule has 2 atom stereocenters. The number of hydrogen-bond acceptors (Lipinski definition) is 2. The molecule has 0 saturated carbocycles. The number of rotatable bonds is 4. The molecule has 2 N–H and O–H groups in total. The lowest BCUT2D eigenvalue weighted by molar-refractivity contribution is -0.180. The van der Waals surface area contributed by atoms with Crippen molar-refractivity contribution in [1.29, 1.82) is 0 Å². The van der Waals surface area contributed by atoms with Gasteiger partial charge in [-0.25, -0.2) is 0 Å². The van der Waals surface area contributed by atoms with Crippen LogP contribution in [-0.4, -0.2) is 31.2 Å². The second-order valence-electron chi connectivity index (χ2n) is 6.01. The Kier molecular flexibility index (Phi) is 5.24. The SMILES string of the molecule is CCC(C)(C)CNC(=O)C1CCC(C(F)(F)F)CN1. The van der Waals surface area contributed by atoms with E-state index in [1.807, 2.05) is 20.8 Å². The van der Waals surface area contributed by atoms with Gasteiger partial charge in [-0.1, -0.05) is 20.8 Å². The first-order chi connectivity index (χ1) is 8.65. The molecule has 0 aliphatic carbocycles. The van der Waals surface area contributed by atoms with E-state index in [9.17, 15) is 18.0 Å². The number of carbonyl (C=O) groups excluding carboxylic acids is 1. The van der Waals surface area contributed by atoms with Crippen LogP contribution >= 0.6 is 0 Å². The molecule has 1 saturated heterocycles. The molecule has 0 radical (unpaired) electrons. The van der Waals surface area contributed by atoms with Crippen LogP contribution in [0.2, 0.25) is 0 Å². The molecule has 6 heteroatoms. The Labute approximate surface area is 112 Å². The maximum Gasteiger partial charge on any atom is 0.393 e. The van der Waals surface area contributed by atoms with Crippen LogP contribution in [0.1, 0.15) is 40.0 Å². The van der Waals surface area contributed by atoms with E-state index < -0.39 is 18.1 Å². The Balaban J connectivity index is 2.37. The molecule has 112 valence electrons. The summed E-state index contributed by atoms with van der Waals surface area (Å²) in [5.41, 5.74) is 0.0127. The van der Waals surface area contributed by atoms with Crippen molar-refractivity contribution < 1.29 is 18.0 Å². The van der Waals surface area contributed by atoms with Crippen molar-refractivity contribution >= 4 is 5.91 Å². The molecule has 2 unspecified atom stereocenters. The first-order valence-corrected chi connectivity index (χ1v) is 6.73. The van der Waals surface area contributed by atoms with Gasteiger partial charge in [0.1, 0.15) is 0 Å². The number of amides is 1. The molecule has 3 nitrogen and oxygen atoms in total. The quantitative estimate of drug-likeness (QED) is 0.830. The number of halogens is 3. The third kappa shape index (κ3) is 5.01. The summed E-state index contributed by atoms with van der Waals surface area (Å²) in [6, 6.07) is -0.494. The molecule has 1 heterocycles. The summed E-state index contributed by atoms with van der Waals surface area (Å²) >= 11 is 0. The summed E-state index contributed by atoms with van der Waals surface area (Å²) in [7, 11) is 0. The summed E-state index contributed by atoms with van der Waals surface area (Å²) in [5, 5.41) is 5.51. The lowest BCUT2D eigenvalue weighted by atomic mass is 9.89. The van der Waals surface area contributed by atoms with E-state index in [1.165, 1.54) is 0 Å². The summed E-state index contributed by atoms with van der Waals surface area (Å²) in [6.07, 6.45) is -2.98. The molecule has 1 amide bonds. The normalized spacial score (nSPS) is 25.2. The number of hydrogen-bond donors (Lipinski definition) is 2. The van der Waals surface area contributed by atoms with Crippen LogP contribution in [0.5, 0.6) is 0 Å². The zero-order valence-corrected chi connectivity index (χ0v) is 11.7. The fraction of sp³-hybridized carbons (Fsp3) is 0.923. The summed E-state index contributed by atoms with van der Waals surface area (Å²) in [4.78, 5) is 11.9. The first kappa shape index (κ1) is 16.3. The maximum absolute atomic E-state index is 12.5. The molecule has 0 aromatic heterocycles. The molecule has 0 aromatic carbocycles. The summed E-state index contributed by atoms with van der Waals surface area (Å²) in [5.74, 6) is -1.52. The Morgan fingerprint density at radius 3 is 2.37 bits per heavy atom. The summed E-state index contributed by atoms with van der Waals surface area (Å²) < 4.78 is 37.4. The number of nitrogens with one attached hydrogen (secondary N) is 2. The topological polar surface area (TPSA) is 41.1 Å². The monoisotopic (exact) mass is 280 g/mol. The lowest BCUT2D eigenvalue weighted by Crippen LogP contribution is -2.52. The van der Waals surface area contributed by atoms with E-state index in [1.54, 1.807) is 0 Å². The molecule has 0 aromatic rings. The predicted octanol–water partition coefficient (Wildman–Crippen LogP) is 2.47. The van der Waals surface area contributed by atoms with Gasteiger partial charge in [0.05, 0.1) is 12.0 Å². The van der Waals surface area contributed by atoms with Gasteiger partial charge < -0.3 is 10.6 Å². The third-order valence-corrected chi connectivity index (χ3v) is 3.89. The lowest BCUT2D eigenvalue weighted by Gasteiger charge is -2.31. The van der Waals surface area contributed by atoms with Gasteiger partial charge in [-0.2, -0.15) is 13.2 Å². The standard InChI is InChI=1S/C13H23F3N2O/c1-4-12(2,3)8-18-11(19)10-6-5-9(7-17-10)13(14,15)16/h9-10,17H,4-8H2,1-3H3,(H,18,19). The highest BCUT2D eigenvalue weighted by Crippen LogP contribution is 2.31. The van der Waals surface area contributed by atoms with Crippen LogP contribution in [0.3, 0.4) is 0 Å². The van der Waals surface area contributed by atoms with E-state index in [0.717, 1.165) is 6.42 Å². The van der Waals surface area contributed by atoms with Gasteiger partial charge in [-0.15, -0.1) is 0 Å². The van der Waals surface area contributed by atoms with Crippen molar-refractivity contribution in [3.8, 4) is 0 Å². The van der Waals surface area contributed by atoms with Gasteiger partial charge in [0, 0.05) is 13.1 Å². The number of alkyl halides is 3. The highest BCUT2D eigenvalue weighted by atomic mass is 19.4. The van der Waals surface area contributed by atoms with Crippen LogP contribution < -0.4 is 10.6 Å². The minimum atomic E-state index is -4.17. The van der Waals surface area contributed by atoms with Crippen molar-refractivity contribution in [3.63, 3.8) is 0 Å². The van der Waals surface area contributed by atoms with Crippen molar-refractivity contribution in [2.24, 2.45) is 11.3 Å². The minimum absolute atomic E-state index is 0.0127. The Bertz CT molecular complexity index is 308. The van der Waals surface area contributed by atoms with Gasteiger partial charge in [-0.3, -0.25) is 4.79 Å². The number of piperidine rings is 1. The fourth-order valence-corrected chi connectivity index (χ4v) is 1.93. The molecule has 1 rings (SSSR count). The largest absolute Gasteiger partial charge is 0.393 e. The van der Waals surface area contributed by atoms with Crippen molar-refractivity contribution in [3.05, 3.63) is 0 Å². The van der Waals surface area contributed by atoms with Crippen molar-refractivity contribution in [1.82, 2.24) is 10.6 Å². The van der Waals surface area contributed by atoms with Crippen molar-refractivity contribution in [2.45, 2.75) is 52.3 Å². The second kappa shape index (κ2) is 6.11. The van der Waals surface area contributed by atoms with Crippen LogP contribution in [-0.2, 0) is 4.79 Å². The van der Waals surface area contributed by atoms with Crippen LogP contribution in [0, 0.1) is 11.3 Å². The van der Waals surface area contributed by atoms with Crippen molar-refractivity contribution in [2.75, 3.05) is 13.1 Å². The first-order valence-electron chi connectivity index (χ1n) is 6.73. The molecular formula is C13H23F3N2O.